The van der Waals surface area contributed by atoms with E-state index in [-0.39, 0.29) is 11.2 Å². The van der Waals surface area contributed by atoms with E-state index in [4.69, 9.17) is 4.52 Å². The number of halogens is 1. The normalized spacial score (nSPS) is 19.0. The molecule has 0 N–H and O–H groups in total. The number of nitrogens with zero attached hydrogens (tertiary/aromatic N) is 3. The molecule has 1 saturated heterocycles. The summed E-state index contributed by atoms with van der Waals surface area (Å²) in [6.45, 7) is 6.05. The second-order valence-corrected chi connectivity index (χ2v) is 11.0. The number of allylic oxidation sites excluding steroid dienone is 2. The van der Waals surface area contributed by atoms with Crippen molar-refractivity contribution in [3.05, 3.63) is 83.0 Å². The van der Waals surface area contributed by atoms with Gasteiger partial charge in [0.1, 0.15) is 17.3 Å². The van der Waals surface area contributed by atoms with Gasteiger partial charge in [-0.2, -0.15) is 0 Å². The van der Waals surface area contributed by atoms with Crippen LogP contribution in [0.25, 0.3) is 27.7 Å². The van der Waals surface area contributed by atoms with Crippen molar-refractivity contribution in [1.82, 2.24) is 10.1 Å². The minimum atomic E-state index is -0.226. The van der Waals surface area contributed by atoms with Gasteiger partial charge in [0.25, 0.3) is 0 Å². The average molecular weight is 480 g/mol. The Balaban J connectivity index is 1.15. The summed E-state index contributed by atoms with van der Waals surface area (Å²) in [5, 5.41) is 5.61. The molecule has 2 aliphatic carbocycles. The van der Waals surface area contributed by atoms with E-state index < -0.39 is 0 Å². The Morgan fingerprint density at radius 1 is 1.00 bits per heavy atom. The van der Waals surface area contributed by atoms with Crippen LogP contribution in [0, 0.1) is 25.1 Å². The molecular formula is C31H30FN3O. The highest BCUT2D eigenvalue weighted by atomic mass is 19.1. The molecule has 0 unspecified atom stereocenters. The number of benzene rings is 2. The summed E-state index contributed by atoms with van der Waals surface area (Å²) in [6, 6.07) is 16.1. The maximum absolute atomic E-state index is 14.9. The van der Waals surface area contributed by atoms with Gasteiger partial charge in [0.15, 0.2) is 0 Å². The fourth-order valence-electron chi connectivity index (χ4n) is 6.16. The number of hydrogen-bond donors (Lipinski definition) is 0. The number of pyridine rings is 1. The van der Waals surface area contributed by atoms with E-state index in [0.29, 0.717) is 17.2 Å². The predicted molar refractivity (Wildman–Crippen MR) is 142 cm³/mol. The molecule has 4 nitrogen and oxygen atoms in total. The summed E-state index contributed by atoms with van der Waals surface area (Å²) in [4.78, 5) is 7.14. The quantitative estimate of drug-likeness (QED) is 0.302. The van der Waals surface area contributed by atoms with Crippen molar-refractivity contribution in [3.8, 4) is 11.3 Å². The Morgan fingerprint density at radius 2 is 1.81 bits per heavy atom. The van der Waals surface area contributed by atoms with Crippen LogP contribution in [0.4, 0.5) is 10.1 Å². The molecule has 0 amide bonds. The maximum Gasteiger partial charge on any atom is 0.147 e. The molecule has 7 rings (SSSR count). The first-order valence-corrected chi connectivity index (χ1v) is 13.1. The van der Waals surface area contributed by atoms with Crippen LogP contribution in [-0.2, 0) is 0 Å². The summed E-state index contributed by atoms with van der Waals surface area (Å²) in [6.07, 6.45) is 7.98. The van der Waals surface area contributed by atoms with Crippen LogP contribution in [0.2, 0.25) is 0 Å². The highest BCUT2D eigenvalue weighted by molar-refractivity contribution is 5.85. The fraction of sp³-hybridized carbons (Fsp3) is 0.355. The first-order chi connectivity index (χ1) is 17.5. The number of fused-ring (bicyclic) bond motifs is 1. The van der Waals surface area contributed by atoms with Crippen LogP contribution in [-0.4, -0.2) is 23.2 Å². The Hall–Kier alpha value is -3.47. The zero-order chi connectivity index (χ0) is 24.4. The third kappa shape index (κ3) is 3.56. The monoisotopic (exact) mass is 479 g/mol. The van der Waals surface area contributed by atoms with Crippen LogP contribution < -0.4 is 4.90 Å². The van der Waals surface area contributed by atoms with Crippen molar-refractivity contribution >= 4 is 22.2 Å². The first-order valence-electron chi connectivity index (χ1n) is 13.1. The molecule has 3 aliphatic rings. The van der Waals surface area contributed by atoms with Crippen molar-refractivity contribution in [1.29, 1.82) is 0 Å². The van der Waals surface area contributed by atoms with Crippen molar-refractivity contribution < 1.29 is 8.91 Å². The number of aromatic nitrogens is 2. The minimum absolute atomic E-state index is 0.223. The van der Waals surface area contributed by atoms with Crippen molar-refractivity contribution in [2.24, 2.45) is 5.41 Å². The summed E-state index contributed by atoms with van der Waals surface area (Å²) in [5.41, 5.74) is 8.13. The molecule has 0 atom stereocenters. The molecular weight excluding hydrogens is 449 g/mol. The van der Waals surface area contributed by atoms with Gasteiger partial charge in [-0.25, -0.2) is 4.39 Å². The van der Waals surface area contributed by atoms with E-state index in [1.54, 1.807) is 6.07 Å². The molecule has 0 radical (unpaired) electrons. The molecule has 1 spiro atoms. The van der Waals surface area contributed by atoms with Crippen LogP contribution in [0.15, 0.2) is 59.1 Å². The summed E-state index contributed by atoms with van der Waals surface area (Å²) in [7, 11) is 0. The van der Waals surface area contributed by atoms with E-state index in [1.165, 1.54) is 22.7 Å². The van der Waals surface area contributed by atoms with E-state index in [0.717, 1.165) is 73.3 Å². The number of piperidine rings is 1. The zero-order valence-electron chi connectivity index (χ0n) is 20.9. The van der Waals surface area contributed by atoms with Crippen LogP contribution in [0.1, 0.15) is 60.6 Å². The van der Waals surface area contributed by atoms with Crippen LogP contribution in [0.5, 0.6) is 0 Å². The Kier molecular flexibility index (Phi) is 4.85. The molecule has 0 bridgehead atoms. The third-order valence-corrected chi connectivity index (χ3v) is 8.41. The molecule has 1 aliphatic heterocycles. The van der Waals surface area contributed by atoms with Gasteiger partial charge in [0, 0.05) is 46.9 Å². The second-order valence-electron chi connectivity index (χ2n) is 11.0. The van der Waals surface area contributed by atoms with E-state index in [9.17, 15) is 4.39 Å². The Labute approximate surface area is 210 Å². The number of anilines is 1. The van der Waals surface area contributed by atoms with E-state index in [2.05, 4.69) is 51.4 Å². The van der Waals surface area contributed by atoms with Gasteiger partial charge in [-0.15, -0.1) is 0 Å². The zero-order valence-corrected chi connectivity index (χ0v) is 20.9. The number of aryl methyl sites for hydroxylation is 2. The molecule has 5 heteroatoms. The highest BCUT2D eigenvalue weighted by Gasteiger charge is 2.44. The second kappa shape index (κ2) is 8.02. The molecule has 36 heavy (non-hydrogen) atoms. The lowest BCUT2D eigenvalue weighted by Gasteiger charge is -2.47. The SMILES string of the molecule is Cc1ccc2cc(N3CCC4(C=C(c5c(-c6c(C)cccc6F)noc5C5CC5)C4)CC3)ccc2n1. The lowest BCUT2D eigenvalue weighted by atomic mass is 9.63. The molecule has 3 heterocycles. The van der Waals surface area contributed by atoms with Gasteiger partial charge in [0.2, 0.25) is 0 Å². The number of hydrogen-bond acceptors (Lipinski definition) is 4. The van der Waals surface area contributed by atoms with E-state index >= 15 is 0 Å². The van der Waals surface area contributed by atoms with Crippen molar-refractivity contribution in [3.63, 3.8) is 0 Å². The summed E-state index contributed by atoms with van der Waals surface area (Å²) < 4.78 is 20.7. The van der Waals surface area contributed by atoms with E-state index in [1.807, 2.05) is 19.9 Å². The van der Waals surface area contributed by atoms with Gasteiger partial charge in [0.05, 0.1) is 5.52 Å². The summed E-state index contributed by atoms with van der Waals surface area (Å²) >= 11 is 0. The van der Waals surface area contributed by atoms with Crippen molar-refractivity contribution in [2.45, 2.75) is 51.9 Å². The van der Waals surface area contributed by atoms with Gasteiger partial charge >= 0.3 is 0 Å². The van der Waals surface area contributed by atoms with Crippen LogP contribution >= 0.6 is 0 Å². The molecule has 2 fully saturated rings. The highest BCUT2D eigenvalue weighted by Crippen LogP contribution is 2.56. The average Bonchev–Trinajstić information content (AvgIpc) is 3.62. The Morgan fingerprint density at radius 3 is 2.56 bits per heavy atom. The van der Waals surface area contributed by atoms with Gasteiger partial charge in [-0.1, -0.05) is 29.4 Å². The maximum atomic E-state index is 14.9. The fourth-order valence-corrected chi connectivity index (χ4v) is 6.16. The lowest BCUT2D eigenvalue weighted by molar-refractivity contribution is 0.277. The topological polar surface area (TPSA) is 42.2 Å². The molecule has 2 aromatic carbocycles. The molecule has 2 aromatic heterocycles. The van der Waals surface area contributed by atoms with Gasteiger partial charge in [-0.3, -0.25) is 4.98 Å². The predicted octanol–water partition coefficient (Wildman–Crippen LogP) is 7.60. The third-order valence-electron chi connectivity index (χ3n) is 8.41. The lowest BCUT2D eigenvalue weighted by Crippen LogP contribution is -2.42. The molecule has 4 aromatic rings. The first kappa shape index (κ1) is 21.8. The van der Waals surface area contributed by atoms with Gasteiger partial charge in [-0.05, 0) is 92.8 Å². The molecule has 182 valence electrons. The smallest absolute Gasteiger partial charge is 0.147 e. The van der Waals surface area contributed by atoms with Crippen LogP contribution in [0.3, 0.4) is 0 Å². The summed E-state index contributed by atoms with van der Waals surface area (Å²) in [5.74, 6) is 1.17. The number of rotatable bonds is 4. The minimum Gasteiger partial charge on any atom is -0.371 e. The largest absolute Gasteiger partial charge is 0.371 e. The molecule has 1 saturated carbocycles. The van der Waals surface area contributed by atoms with Gasteiger partial charge < -0.3 is 9.42 Å². The van der Waals surface area contributed by atoms with Crippen molar-refractivity contribution in [2.75, 3.05) is 18.0 Å². The standard InChI is InChI=1S/C31H30FN3O/c1-19-4-3-5-25(32)27(19)29-28(30(36-34-29)21-8-9-21)23-17-31(18-23)12-14-35(15-13-31)24-10-11-26-22(16-24)7-6-20(2)33-26/h3-7,10-11,16-17,21H,8-9,12-15,18H2,1-2H3. The Bertz CT molecular complexity index is 1500.